The molecule has 180 valence electrons. The Kier molecular flexibility index (Phi) is 8.29. The average Bonchev–Trinajstić information content (AvgIpc) is 3.18. The van der Waals surface area contributed by atoms with Gasteiger partial charge in [-0.2, -0.15) is 5.10 Å². The number of carbonyl (C=O) groups is 1. The summed E-state index contributed by atoms with van der Waals surface area (Å²) in [5.41, 5.74) is 2.04. The average molecular weight is 505 g/mol. The van der Waals surface area contributed by atoms with Crippen molar-refractivity contribution in [3.8, 4) is 22.8 Å². The third-order valence-electron chi connectivity index (χ3n) is 5.36. The van der Waals surface area contributed by atoms with Gasteiger partial charge in [0, 0.05) is 43.0 Å². The largest absolute Gasteiger partial charge is 0.492 e. The second-order valence-corrected chi connectivity index (χ2v) is 8.61. The monoisotopic (exact) mass is 504 g/mol. The van der Waals surface area contributed by atoms with Gasteiger partial charge in [-0.1, -0.05) is 23.2 Å². The van der Waals surface area contributed by atoms with Crippen molar-refractivity contribution in [2.24, 2.45) is 7.05 Å². The highest BCUT2D eigenvalue weighted by atomic mass is 35.5. The Morgan fingerprint density at radius 2 is 1.88 bits per heavy atom. The molecule has 1 aliphatic heterocycles. The second kappa shape index (κ2) is 11.6. The van der Waals surface area contributed by atoms with Gasteiger partial charge in [-0.25, -0.2) is 0 Å². The molecule has 0 atom stereocenters. The molecule has 1 aromatic heterocycles. The molecule has 1 saturated heterocycles. The van der Waals surface area contributed by atoms with E-state index in [1.165, 1.54) is 0 Å². The molecule has 1 aliphatic rings. The maximum Gasteiger partial charge on any atom is 0.262 e. The number of benzene rings is 2. The first kappa shape index (κ1) is 24.3. The van der Waals surface area contributed by atoms with Crippen molar-refractivity contribution in [3.05, 3.63) is 58.7 Å². The van der Waals surface area contributed by atoms with Gasteiger partial charge >= 0.3 is 0 Å². The van der Waals surface area contributed by atoms with Crippen molar-refractivity contribution in [3.63, 3.8) is 0 Å². The van der Waals surface area contributed by atoms with E-state index in [1.807, 2.05) is 19.2 Å². The number of halogens is 2. The third-order valence-corrected chi connectivity index (χ3v) is 5.89. The SMILES string of the molecule is Cn1ncc(Cl)c1-c1cc(NC(=O)COc2ccc(Cl)cc2)ccc1OCCN1CCOCC1. The minimum absolute atomic E-state index is 0.138. The molecule has 3 aromatic rings. The first-order valence-corrected chi connectivity index (χ1v) is 11.7. The summed E-state index contributed by atoms with van der Waals surface area (Å²) in [6.45, 7) is 4.45. The molecule has 0 radical (unpaired) electrons. The lowest BCUT2D eigenvalue weighted by molar-refractivity contribution is -0.118. The van der Waals surface area contributed by atoms with E-state index in [0.29, 0.717) is 39.5 Å². The molecule has 0 spiro atoms. The number of rotatable bonds is 9. The summed E-state index contributed by atoms with van der Waals surface area (Å²) >= 11 is 12.3. The van der Waals surface area contributed by atoms with Gasteiger partial charge in [-0.3, -0.25) is 14.4 Å². The summed E-state index contributed by atoms with van der Waals surface area (Å²) in [5.74, 6) is 0.929. The van der Waals surface area contributed by atoms with Crippen LogP contribution < -0.4 is 14.8 Å². The summed E-state index contributed by atoms with van der Waals surface area (Å²) < 4.78 is 18.7. The van der Waals surface area contributed by atoms with Crippen molar-refractivity contribution >= 4 is 34.8 Å². The van der Waals surface area contributed by atoms with E-state index in [9.17, 15) is 4.79 Å². The molecule has 10 heteroatoms. The van der Waals surface area contributed by atoms with Crippen LogP contribution in [-0.4, -0.2) is 66.6 Å². The third kappa shape index (κ3) is 6.42. The number of hydrogen-bond donors (Lipinski definition) is 1. The van der Waals surface area contributed by atoms with Gasteiger partial charge in [0.2, 0.25) is 0 Å². The number of morpholine rings is 1. The van der Waals surface area contributed by atoms with Gasteiger partial charge in [-0.15, -0.1) is 0 Å². The van der Waals surface area contributed by atoms with Crippen molar-refractivity contribution in [2.75, 3.05) is 51.4 Å². The minimum Gasteiger partial charge on any atom is -0.492 e. The van der Waals surface area contributed by atoms with Gasteiger partial charge < -0.3 is 19.5 Å². The summed E-state index contributed by atoms with van der Waals surface area (Å²) in [7, 11) is 1.81. The lowest BCUT2D eigenvalue weighted by Crippen LogP contribution is -2.38. The number of hydrogen-bond acceptors (Lipinski definition) is 6. The predicted molar refractivity (Wildman–Crippen MR) is 132 cm³/mol. The summed E-state index contributed by atoms with van der Waals surface area (Å²) in [6, 6.07) is 12.3. The number of aryl methyl sites for hydroxylation is 1. The Morgan fingerprint density at radius 3 is 2.59 bits per heavy atom. The van der Waals surface area contributed by atoms with Gasteiger partial charge in [0.25, 0.3) is 5.91 Å². The Labute approximate surface area is 208 Å². The molecule has 2 aromatic carbocycles. The van der Waals surface area contributed by atoms with Crippen molar-refractivity contribution in [1.82, 2.24) is 14.7 Å². The number of ether oxygens (including phenoxy) is 3. The van der Waals surface area contributed by atoms with Crippen molar-refractivity contribution in [1.29, 1.82) is 0 Å². The van der Waals surface area contributed by atoms with Crippen LogP contribution in [0.15, 0.2) is 48.7 Å². The van der Waals surface area contributed by atoms with Crippen LogP contribution in [0.3, 0.4) is 0 Å². The van der Waals surface area contributed by atoms with Crippen LogP contribution in [0.4, 0.5) is 5.69 Å². The van der Waals surface area contributed by atoms with Gasteiger partial charge in [-0.05, 0) is 42.5 Å². The smallest absolute Gasteiger partial charge is 0.262 e. The second-order valence-electron chi connectivity index (χ2n) is 7.77. The lowest BCUT2D eigenvalue weighted by Gasteiger charge is -2.26. The Hall–Kier alpha value is -2.78. The zero-order valence-electron chi connectivity index (χ0n) is 18.8. The van der Waals surface area contributed by atoms with Crippen LogP contribution in [0.1, 0.15) is 0 Å². The molecule has 34 heavy (non-hydrogen) atoms. The number of amides is 1. The molecular formula is C24H26Cl2N4O4. The zero-order valence-corrected chi connectivity index (χ0v) is 20.3. The summed E-state index contributed by atoms with van der Waals surface area (Å²) in [5, 5.41) is 8.19. The molecule has 1 N–H and O–H groups in total. The number of nitrogens with zero attached hydrogens (tertiary/aromatic N) is 3. The summed E-state index contributed by atoms with van der Waals surface area (Å²) in [4.78, 5) is 14.8. The van der Waals surface area contributed by atoms with E-state index in [1.54, 1.807) is 41.2 Å². The van der Waals surface area contributed by atoms with Gasteiger partial charge in [0.05, 0.1) is 30.1 Å². The first-order valence-electron chi connectivity index (χ1n) is 10.9. The van der Waals surface area contributed by atoms with Crippen LogP contribution >= 0.6 is 23.2 Å². The number of nitrogens with one attached hydrogen (secondary N) is 1. The van der Waals surface area contributed by atoms with E-state index in [2.05, 4.69) is 15.3 Å². The Balaban J connectivity index is 1.45. The van der Waals surface area contributed by atoms with Crippen LogP contribution in [0, 0.1) is 0 Å². The van der Waals surface area contributed by atoms with Crippen LogP contribution in [-0.2, 0) is 16.6 Å². The van der Waals surface area contributed by atoms with Crippen molar-refractivity contribution < 1.29 is 19.0 Å². The van der Waals surface area contributed by atoms with E-state index < -0.39 is 0 Å². The molecule has 2 heterocycles. The minimum atomic E-state index is -0.294. The Morgan fingerprint density at radius 1 is 1.12 bits per heavy atom. The number of aromatic nitrogens is 2. The molecule has 1 amide bonds. The standard InChI is InChI=1S/C24H26Cl2N4O4/c1-29-24(21(26)15-27-29)20-14-18(28-23(31)16-34-19-5-2-17(25)3-6-19)4-7-22(20)33-13-10-30-8-11-32-12-9-30/h2-7,14-15H,8-13,16H2,1H3,(H,28,31). The molecule has 0 bridgehead atoms. The highest BCUT2D eigenvalue weighted by Crippen LogP contribution is 2.36. The van der Waals surface area contributed by atoms with E-state index in [4.69, 9.17) is 37.4 Å². The molecule has 0 saturated carbocycles. The zero-order chi connectivity index (χ0) is 23.9. The highest BCUT2D eigenvalue weighted by Gasteiger charge is 2.17. The molecule has 0 unspecified atom stereocenters. The number of carbonyl (C=O) groups excluding carboxylic acids is 1. The molecule has 1 fully saturated rings. The van der Waals surface area contributed by atoms with Gasteiger partial charge in [0.15, 0.2) is 6.61 Å². The molecule has 8 nitrogen and oxygen atoms in total. The Bertz CT molecular complexity index is 1100. The van der Waals surface area contributed by atoms with E-state index >= 15 is 0 Å². The fourth-order valence-electron chi connectivity index (χ4n) is 3.62. The lowest BCUT2D eigenvalue weighted by atomic mass is 10.1. The molecular weight excluding hydrogens is 479 g/mol. The van der Waals surface area contributed by atoms with E-state index in [0.717, 1.165) is 38.4 Å². The molecule has 4 rings (SSSR count). The molecule has 0 aliphatic carbocycles. The van der Waals surface area contributed by atoms with Gasteiger partial charge in [0.1, 0.15) is 18.1 Å². The first-order chi connectivity index (χ1) is 16.5. The normalized spacial score (nSPS) is 14.1. The van der Waals surface area contributed by atoms with Crippen LogP contribution in [0.25, 0.3) is 11.3 Å². The fraction of sp³-hybridized carbons (Fsp3) is 0.333. The number of anilines is 1. The predicted octanol–water partition coefficient (Wildman–Crippen LogP) is 4.12. The fourth-order valence-corrected chi connectivity index (χ4v) is 4.01. The maximum atomic E-state index is 12.5. The maximum absolute atomic E-state index is 12.5. The summed E-state index contributed by atoms with van der Waals surface area (Å²) in [6.07, 6.45) is 1.58. The van der Waals surface area contributed by atoms with E-state index in [-0.39, 0.29) is 12.5 Å². The van der Waals surface area contributed by atoms with Crippen molar-refractivity contribution in [2.45, 2.75) is 0 Å². The highest BCUT2D eigenvalue weighted by molar-refractivity contribution is 6.33. The van der Waals surface area contributed by atoms with Crippen LogP contribution in [0.5, 0.6) is 11.5 Å². The quantitative estimate of drug-likeness (QED) is 0.472. The van der Waals surface area contributed by atoms with Crippen LogP contribution in [0.2, 0.25) is 10.0 Å². The topological polar surface area (TPSA) is 77.9 Å².